The van der Waals surface area contributed by atoms with Crippen molar-refractivity contribution in [2.45, 2.75) is 6.92 Å². The minimum Gasteiger partial charge on any atom is -0.365 e. The first-order valence-electron chi connectivity index (χ1n) is 9.99. The van der Waals surface area contributed by atoms with Crippen molar-refractivity contribution in [3.63, 3.8) is 0 Å². The highest BCUT2D eigenvalue weighted by molar-refractivity contribution is 6.33. The summed E-state index contributed by atoms with van der Waals surface area (Å²) in [5.41, 5.74) is 1.41. The van der Waals surface area contributed by atoms with Crippen LogP contribution in [0.4, 0.5) is 17.1 Å². The maximum atomic E-state index is 12.8. The normalized spacial score (nSPS) is 13.8. The maximum Gasteiger partial charge on any atom is 0.293 e. The molecule has 0 aliphatic carbocycles. The van der Waals surface area contributed by atoms with E-state index in [1.54, 1.807) is 30.5 Å². The summed E-state index contributed by atoms with van der Waals surface area (Å²) in [4.78, 5) is 39.3. The van der Waals surface area contributed by atoms with E-state index in [-0.39, 0.29) is 16.5 Å². The number of carbonyl (C=O) groups is 1. The Labute approximate surface area is 188 Å². The molecule has 1 aliphatic rings. The van der Waals surface area contributed by atoms with Gasteiger partial charge in [0.1, 0.15) is 10.7 Å². The average molecular weight is 454 g/mol. The minimum absolute atomic E-state index is 0.0779. The van der Waals surface area contributed by atoms with E-state index < -0.39 is 10.5 Å². The lowest BCUT2D eigenvalue weighted by Crippen LogP contribution is -2.47. The largest absolute Gasteiger partial charge is 0.365 e. The van der Waals surface area contributed by atoms with Gasteiger partial charge in [0.05, 0.1) is 22.5 Å². The van der Waals surface area contributed by atoms with E-state index in [2.05, 4.69) is 5.10 Å². The van der Waals surface area contributed by atoms with Gasteiger partial charge in [-0.1, -0.05) is 29.8 Å². The van der Waals surface area contributed by atoms with Crippen molar-refractivity contribution >= 4 is 34.4 Å². The predicted octanol–water partition coefficient (Wildman–Crippen LogP) is 3.32. The molecule has 0 radical (unpaired) electrons. The third-order valence-corrected chi connectivity index (χ3v) is 5.80. The van der Waals surface area contributed by atoms with Gasteiger partial charge in [0, 0.05) is 37.8 Å². The Balaban J connectivity index is 1.55. The molecule has 0 amide bonds. The molecule has 4 rings (SSSR count). The van der Waals surface area contributed by atoms with Crippen LogP contribution >= 0.6 is 11.6 Å². The van der Waals surface area contributed by atoms with Crippen molar-refractivity contribution in [3.05, 3.63) is 85.8 Å². The van der Waals surface area contributed by atoms with Gasteiger partial charge in [0.25, 0.3) is 11.2 Å². The molecule has 0 spiro atoms. The van der Waals surface area contributed by atoms with E-state index in [0.717, 1.165) is 0 Å². The molecule has 0 atom stereocenters. The zero-order chi connectivity index (χ0) is 22.8. The molecule has 1 fully saturated rings. The quantitative estimate of drug-likeness (QED) is 0.331. The number of para-hydroxylation sites is 1. The molecule has 0 saturated carbocycles. The summed E-state index contributed by atoms with van der Waals surface area (Å²) in [7, 11) is 0. The zero-order valence-corrected chi connectivity index (χ0v) is 18.0. The topological polar surface area (TPSA) is 102 Å². The molecule has 0 N–H and O–H groups in total. The molecule has 164 valence electrons. The van der Waals surface area contributed by atoms with Crippen LogP contribution in [0, 0.1) is 10.1 Å². The number of nitro groups is 1. The number of hydrogen-bond donors (Lipinski definition) is 0. The molecule has 2 aromatic carbocycles. The van der Waals surface area contributed by atoms with Crippen LogP contribution in [-0.2, 0) is 0 Å². The first-order chi connectivity index (χ1) is 15.4. The molecule has 9 nitrogen and oxygen atoms in total. The van der Waals surface area contributed by atoms with Crippen molar-refractivity contribution < 1.29 is 9.72 Å². The fourth-order valence-corrected chi connectivity index (χ4v) is 3.99. The molecule has 1 aliphatic heterocycles. The number of Topliss-reactive ketones (excluding diaryl/α,β-unsaturated/α-hetero) is 1. The number of benzene rings is 2. The summed E-state index contributed by atoms with van der Waals surface area (Å²) < 4.78 is 1.25. The van der Waals surface area contributed by atoms with Gasteiger partial charge in [-0.25, -0.2) is 0 Å². The van der Waals surface area contributed by atoms with E-state index >= 15 is 0 Å². The third-order valence-electron chi connectivity index (χ3n) is 5.44. The van der Waals surface area contributed by atoms with Crippen LogP contribution in [0.5, 0.6) is 0 Å². The third kappa shape index (κ3) is 4.06. The van der Waals surface area contributed by atoms with Crippen LogP contribution in [-0.4, -0.2) is 46.7 Å². The Hall–Kier alpha value is -3.72. The monoisotopic (exact) mass is 453 g/mol. The number of piperazine rings is 1. The first-order valence-corrected chi connectivity index (χ1v) is 10.4. The highest BCUT2D eigenvalue weighted by Crippen LogP contribution is 2.31. The van der Waals surface area contributed by atoms with Gasteiger partial charge in [-0.15, -0.1) is 0 Å². The Bertz CT molecular complexity index is 1240. The lowest BCUT2D eigenvalue weighted by atomic mass is 10.1. The van der Waals surface area contributed by atoms with Crippen LogP contribution in [0.3, 0.4) is 0 Å². The van der Waals surface area contributed by atoms with Gasteiger partial charge < -0.3 is 9.80 Å². The highest BCUT2D eigenvalue weighted by atomic mass is 35.5. The van der Waals surface area contributed by atoms with Crippen molar-refractivity contribution in [2.75, 3.05) is 36.0 Å². The number of nitrogens with zero attached hydrogens (tertiary/aromatic N) is 5. The van der Waals surface area contributed by atoms with Crippen molar-refractivity contribution in [3.8, 4) is 5.69 Å². The standard InChI is InChI=1S/C22H20ClN5O4/c1-15(29)16-7-8-18(19(13-16)28(31)32)25-9-11-26(12-10-25)20-14-24-27(22(30)21(20)23)17-5-3-2-4-6-17/h2-8,13-14H,9-12H2,1H3. The number of carbonyl (C=O) groups excluding carboxylic acids is 1. The number of ketones is 1. The van der Waals surface area contributed by atoms with Gasteiger partial charge in [-0.05, 0) is 31.2 Å². The number of hydrogen-bond acceptors (Lipinski definition) is 7. The molecule has 1 saturated heterocycles. The fraction of sp³-hybridized carbons (Fsp3) is 0.227. The number of anilines is 2. The van der Waals surface area contributed by atoms with Crippen LogP contribution in [0.1, 0.15) is 17.3 Å². The molecule has 10 heteroatoms. The maximum absolute atomic E-state index is 12.8. The Morgan fingerprint density at radius 3 is 2.25 bits per heavy atom. The second-order valence-electron chi connectivity index (χ2n) is 7.39. The number of aromatic nitrogens is 2. The molecule has 0 unspecified atom stereocenters. The molecule has 1 aromatic heterocycles. The van der Waals surface area contributed by atoms with Crippen molar-refractivity contribution in [2.24, 2.45) is 0 Å². The van der Waals surface area contributed by atoms with E-state index in [1.807, 2.05) is 28.0 Å². The number of nitro benzene ring substituents is 1. The molecule has 3 aromatic rings. The predicted molar refractivity (Wildman–Crippen MR) is 122 cm³/mol. The Morgan fingerprint density at radius 1 is 1.03 bits per heavy atom. The van der Waals surface area contributed by atoms with Crippen LogP contribution in [0.2, 0.25) is 5.02 Å². The van der Waals surface area contributed by atoms with Crippen molar-refractivity contribution in [1.29, 1.82) is 0 Å². The average Bonchev–Trinajstić information content (AvgIpc) is 2.81. The van der Waals surface area contributed by atoms with Gasteiger partial charge in [0.2, 0.25) is 0 Å². The van der Waals surface area contributed by atoms with E-state index in [1.165, 1.54) is 17.7 Å². The Morgan fingerprint density at radius 2 is 1.66 bits per heavy atom. The zero-order valence-electron chi connectivity index (χ0n) is 17.3. The van der Waals surface area contributed by atoms with E-state index in [4.69, 9.17) is 11.6 Å². The molecule has 0 bridgehead atoms. The van der Waals surface area contributed by atoms with Crippen molar-refractivity contribution in [1.82, 2.24) is 9.78 Å². The minimum atomic E-state index is -0.474. The van der Waals surface area contributed by atoms with Crippen LogP contribution in [0.25, 0.3) is 5.69 Å². The van der Waals surface area contributed by atoms with Gasteiger partial charge >= 0.3 is 0 Å². The summed E-state index contributed by atoms with van der Waals surface area (Å²) in [6, 6.07) is 13.5. The van der Waals surface area contributed by atoms with Gasteiger partial charge in [-0.2, -0.15) is 9.78 Å². The molecule has 32 heavy (non-hydrogen) atoms. The summed E-state index contributed by atoms with van der Waals surface area (Å²) in [5, 5.41) is 15.9. The number of rotatable bonds is 5. The second-order valence-corrected chi connectivity index (χ2v) is 7.77. The second kappa shape index (κ2) is 8.80. The highest BCUT2D eigenvalue weighted by Gasteiger charge is 2.26. The van der Waals surface area contributed by atoms with Gasteiger partial charge in [-0.3, -0.25) is 19.7 Å². The fourth-order valence-electron chi connectivity index (χ4n) is 3.74. The Kier molecular flexibility index (Phi) is 5.91. The lowest BCUT2D eigenvalue weighted by molar-refractivity contribution is -0.384. The molecular weight excluding hydrogens is 434 g/mol. The van der Waals surface area contributed by atoms with Gasteiger partial charge in [0.15, 0.2) is 5.78 Å². The number of halogens is 1. The van der Waals surface area contributed by atoms with Crippen LogP contribution < -0.4 is 15.4 Å². The smallest absolute Gasteiger partial charge is 0.293 e. The summed E-state index contributed by atoms with van der Waals surface area (Å²) in [6.45, 7) is 3.35. The lowest BCUT2D eigenvalue weighted by Gasteiger charge is -2.37. The first kappa shape index (κ1) is 21.5. The SMILES string of the molecule is CC(=O)c1ccc(N2CCN(c3cnn(-c4ccccc4)c(=O)c3Cl)CC2)c([N+](=O)[O-])c1. The molecular formula is C22H20ClN5O4. The van der Waals surface area contributed by atoms with Crippen LogP contribution in [0.15, 0.2) is 59.5 Å². The van der Waals surface area contributed by atoms with E-state index in [9.17, 15) is 19.7 Å². The van der Waals surface area contributed by atoms with E-state index in [0.29, 0.717) is 48.8 Å². The summed E-state index contributed by atoms with van der Waals surface area (Å²) in [6.07, 6.45) is 1.57. The summed E-state index contributed by atoms with van der Waals surface area (Å²) >= 11 is 6.40. The summed E-state index contributed by atoms with van der Waals surface area (Å²) in [5.74, 6) is -0.225. The molecule has 2 heterocycles.